The molecule has 0 spiro atoms. The molecular formula is C18H22N2O3. The summed E-state index contributed by atoms with van der Waals surface area (Å²) in [5.41, 5.74) is 0.878. The first-order valence-electron chi connectivity index (χ1n) is 7.97. The molecule has 23 heavy (non-hydrogen) atoms. The largest absolute Gasteiger partial charge is 0.494 e. The van der Waals surface area contributed by atoms with Crippen LogP contribution in [0.5, 0.6) is 5.75 Å². The smallest absolute Gasteiger partial charge is 0.262 e. The van der Waals surface area contributed by atoms with E-state index < -0.39 is 0 Å². The van der Waals surface area contributed by atoms with Crippen LogP contribution in [-0.4, -0.2) is 31.8 Å². The van der Waals surface area contributed by atoms with Crippen LogP contribution < -0.4 is 10.1 Å². The molecule has 1 aliphatic rings. The summed E-state index contributed by atoms with van der Waals surface area (Å²) in [5.74, 6) is 0.416. The van der Waals surface area contributed by atoms with E-state index in [1.165, 1.54) is 0 Å². The molecule has 1 fully saturated rings. The van der Waals surface area contributed by atoms with Crippen LogP contribution in [0.3, 0.4) is 0 Å². The lowest BCUT2D eigenvalue weighted by Gasteiger charge is -2.10. The number of amides is 1. The Bertz CT molecular complexity index is 581. The molecule has 0 aromatic heterocycles. The van der Waals surface area contributed by atoms with Gasteiger partial charge >= 0.3 is 0 Å². The Labute approximate surface area is 136 Å². The van der Waals surface area contributed by atoms with Gasteiger partial charge in [0.1, 0.15) is 17.4 Å². The maximum atomic E-state index is 12.1. The Hall–Kier alpha value is -2.32. The number of ether oxygens (including phenoxy) is 2. The van der Waals surface area contributed by atoms with Crippen LogP contribution in [0.25, 0.3) is 6.08 Å². The molecule has 0 saturated carbocycles. The van der Waals surface area contributed by atoms with Crippen molar-refractivity contribution in [3.05, 3.63) is 35.4 Å². The summed E-state index contributed by atoms with van der Waals surface area (Å²) in [7, 11) is 0. The van der Waals surface area contributed by atoms with E-state index in [0.717, 1.165) is 37.2 Å². The van der Waals surface area contributed by atoms with Crippen LogP contribution in [-0.2, 0) is 9.53 Å². The summed E-state index contributed by atoms with van der Waals surface area (Å²) in [6, 6.07) is 9.28. The Morgan fingerprint density at radius 3 is 2.87 bits per heavy atom. The maximum absolute atomic E-state index is 12.1. The Balaban J connectivity index is 1.94. The quantitative estimate of drug-likeness (QED) is 0.620. The van der Waals surface area contributed by atoms with Crippen LogP contribution in [0.15, 0.2) is 29.8 Å². The first-order chi connectivity index (χ1) is 11.2. The van der Waals surface area contributed by atoms with Gasteiger partial charge in [-0.2, -0.15) is 5.26 Å². The van der Waals surface area contributed by atoms with Gasteiger partial charge in [0.15, 0.2) is 0 Å². The van der Waals surface area contributed by atoms with Gasteiger partial charge in [-0.15, -0.1) is 0 Å². The number of rotatable bonds is 7. The molecule has 5 heteroatoms. The number of nitrogens with one attached hydrogen (secondary N) is 1. The summed E-state index contributed by atoms with van der Waals surface area (Å²) in [5, 5.41) is 11.9. The zero-order valence-corrected chi connectivity index (χ0v) is 13.4. The summed E-state index contributed by atoms with van der Waals surface area (Å²) >= 11 is 0. The van der Waals surface area contributed by atoms with Crippen molar-refractivity contribution in [3.8, 4) is 11.8 Å². The molecule has 1 aromatic rings. The molecule has 1 heterocycles. The summed E-state index contributed by atoms with van der Waals surface area (Å²) < 4.78 is 11.0. The predicted octanol–water partition coefficient (Wildman–Crippen LogP) is 2.68. The molecule has 0 bridgehead atoms. The van der Waals surface area contributed by atoms with Crippen molar-refractivity contribution in [1.82, 2.24) is 5.32 Å². The van der Waals surface area contributed by atoms with Crippen molar-refractivity contribution >= 4 is 12.0 Å². The van der Waals surface area contributed by atoms with Crippen LogP contribution in [0.4, 0.5) is 0 Å². The standard InChI is InChI=1S/C18H22N2O3/c1-2-9-22-16-7-5-14(6-8-16)11-15(12-19)18(21)20-13-17-4-3-10-23-17/h5-8,11,17H,2-4,9-10,13H2,1H3,(H,20,21). The minimum atomic E-state index is -0.366. The Morgan fingerprint density at radius 2 is 2.26 bits per heavy atom. The number of benzene rings is 1. The van der Waals surface area contributed by atoms with Gasteiger partial charge in [-0.25, -0.2) is 0 Å². The molecule has 1 aliphatic heterocycles. The van der Waals surface area contributed by atoms with E-state index in [2.05, 4.69) is 5.32 Å². The van der Waals surface area contributed by atoms with E-state index >= 15 is 0 Å². The molecule has 5 nitrogen and oxygen atoms in total. The van der Waals surface area contributed by atoms with Gasteiger partial charge < -0.3 is 14.8 Å². The van der Waals surface area contributed by atoms with E-state index in [0.29, 0.717) is 13.2 Å². The normalized spacial score (nSPS) is 17.6. The fourth-order valence-electron chi connectivity index (χ4n) is 2.30. The fraction of sp³-hybridized carbons (Fsp3) is 0.444. The van der Waals surface area contributed by atoms with E-state index in [1.54, 1.807) is 6.08 Å². The van der Waals surface area contributed by atoms with Gasteiger partial charge in [0, 0.05) is 13.2 Å². The number of carbonyl (C=O) groups is 1. The molecule has 1 atom stereocenters. The van der Waals surface area contributed by atoms with Crippen LogP contribution in [0, 0.1) is 11.3 Å². The zero-order valence-electron chi connectivity index (χ0n) is 13.4. The number of hydrogen-bond acceptors (Lipinski definition) is 4. The van der Waals surface area contributed by atoms with Gasteiger partial charge in [-0.3, -0.25) is 4.79 Å². The van der Waals surface area contributed by atoms with Crippen molar-refractivity contribution < 1.29 is 14.3 Å². The molecule has 1 unspecified atom stereocenters. The highest BCUT2D eigenvalue weighted by molar-refractivity contribution is 6.01. The lowest BCUT2D eigenvalue weighted by atomic mass is 10.1. The van der Waals surface area contributed by atoms with Crippen LogP contribution in [0.1, 0.15) is 31.7 Å². The molecule has 2 rings (SSSR count). The third-order valence-electron chi connectivity index (χ3n) is 3.54. The van der Waals surface area contributed by atoms with Crippen molar-refractivity contribution in [1.29, 1.82) is 5.26 Å². The summed E-state index contributed by atoms with van der Waals surface area (Å²) in [4.78, 5) is 12.1. The number of nitriles is 1. The average molecular weight is 314 g/mol. The number of nitrogens with zero attached hydrogens (tertiary/aromatic N) is 1. The second-order valence-electron chi connectivity index (χ2n) is 5.43. The van der Waals surface area contributed by atoms with Gasteiger partial charge in [0.2, 0.25) is 0 Å². The molecule has 1 saturated heterocycles. The predicted molar refractivity (Wildman–Crippen MR) is 87.8 cm³/mol. The molecule has 1 amide bonds. The first kappa shape index (κ1) is 17.0. The first-order valence-corrected chi connectivity index (χ1v) is 7.97. The Morgan fingerprint density at radius 1 is 1.48 bits per heavy atom. The highest BCUT2D eigenvalue weighted by Crippen LogP contribution is 2.15. The van der Waals surface area contributed by atoms with Gasteiger partial charge in [0.25, 0.3) is 5.91 Å². The van der Waals surface area contributed by atoms with Crippen molar-refractivity contribution in [2.75, 3.05) is 19.8 Å². The van der Waals surface area contributed by atoms with Crippen molar-refractivity contribution in [3.63, 3.8) is 0 Å². The molecule has 1 aromatic carbocycles. The fourth-order valence-corrected chi connectivity index (χ4v) is 2.30. The Kier molecular flexibility index (Phi) is 6.64. The molecule has 122 valence electrons. The highest BCUT2D eigenvalue weighted by Gasteiger charge is 2.17. The molecular weight excluding hydrogens is 292 g/mol. The average Bonchev–Trinajstić information content (AvgIpc) is 3.10. The molecule has 1 N–H and O–H groups in total. The van der Waals surface area contributed by atoms with Crippen molar-refractivity contribution in [2.24, 2.45) is 0 Å². The van der Waals surface area contributed by atoms with Crippen LogP contribution in [0.2, 0.25) is 0 Å². The summed E-state index contributed by atoms with van der Waals surface area (Å²) in [6.07, 6.45) is 4.56. The molecule has 0 radical (unpaired) electrons. The van der Waals surface area contributed by atoms with E-state index in [9.17, 15) is 10.1 Å². The van der Waals surface area contributed by atoms with Gasteiger partial charge in [-0.1, -0.05) is 19.1 Å². The number of hydrogen-bond donors (Lipinski definition) is 1. The second kappa shape index (κ2) is 8.96. The van der Waals surface area contributed by atoms with E-state index in [4.69, 9.17) is 9.47 Å². The topological polar surface area (TPSA) is 71.3 Å². The van der Waals surface area contributed by atoms with Gasteiger partial charge in [0.05, 0.1) is 12.7 Å². The highest BCUT2D eigenvalue weighted by atomic mass is 16.5. The lowest BCUT2D eigenvalue weighted by molar-refractivity contribution is -0.117. The van der Waals surface area contributed by atoms with Crippen LogP contribution >= 0.6 is 0 Å². The van der Waals surface area contributed by atoms with Crippen molar-refractivity contribution in [2.45, 2.75) is 32.3 Å². The third kappa shape index (κ3) is 5.42. The summed E-state index contributed by atoms with van der Waals surface area (Å²) in [6.45, 7) is 3.91. The molecule has 0 aliphatic carbocycles. The van der Waals surface area contributed by atoms with Gasteiger partial charge in [-0.05, 0) is 43.0 Å². The van der Waals surface area contributed by atoms with E-state index in [-0.39, 0.29) is 17.6 Å². The number of carbonyl (C=O) groups excluding carboxylic acids is 1. The third-order valence-corrected chi connectivity index (χ3v) is 3.54. The minimum Gasteiger partial charge on any atom is -0.494 e. The monoisotopic (exact) mass is 314 g/mol. The SMILES string of the molecule is CCCOc1ccc(C=C(C#N)C(=O)NCC2CCCO2)cc1. The minimum absolute atomic E-state index is 0.0638. The maximum Gasteiger partial charge on any atom is 0.262 e. The zero-order chi connectivity index (χ0) is 16.5. The lowest BCUT2D eigenvalue weighted by Crippen LogP contribution is -2.32. The van der Waals surface area contributed by atoms with E-state index in [1.807, 2.05) is 37.3 Å². The second-order valence-corrected chi connectivity index (χ2v) is 5.43.